The zero-order chi connectivity index (χ0) is 19.5. The minimum atomic E-state index is -0.140. The molecule has 0 aromatic carbocycles. The van der Waals surface area contributed by atoms with Gasteiger partial charge in [0.2, 0.25) is 11.8 Å². The summed E-state index contributed by atoms with van der Waals surface area (Å²) < 4.78 is 0. The Morgan fingerprint density at radius 1 is 1.21 bits per heavy atom. The van der Waals surface area contributed by atoms with E-state index >= 15 is 0 Å². The highest BCUT2D eigenvalue weighted by atomic mass is 32.1. The number of nitrogens with zero attached hydrogens (tertiary/aromatic N) is 5. The van der Waals surface area contributed by atoms with Gasteiger partial charge in [0.15, 0.2) is 5.13 Å². The molecule has 148 valence electrons. The van der Waals surface area contributed by atoms with Crippen LogP contribution in [0, 0.1) is 0 Å². The lowest BCUT2D eigenvalue weighted by Gasteiger charge is -2.33. The first kappa shape index (κ1) is 18.8. The molecule has 28 heavy (non-hydrogen) atoms. The lowest BCUT2D eigenvalue weighted by atomic mass is 10.3. The van der Waals surface area contributed by atoms with Crippen molar-refractivity contribution in [3.05, 3.63) is 29.4 Å². The molecule has 2 amide bonds. The Kier molecular flexibility index (Phi) is 5.54. The number of piperazine rings is 1. The Morgan fingerprint density at radius 2 is 2.04 bits per heavy atom. The molecular formula is C19H24N6O2S. The Morgan fingerprint density at radius 3 is 2.71 bits per heavy atom. The van der Waals surface area contributed by atoms with Crippen molar-refractivity contribution in [2.75, 3.05) is 54.9 Å². The zero-order valence-electron chi connectivity index (χ0n) is 15.9. The van der Waals surface area contributed by atoms with E-state index in [1.807, 2.05) is 17.5 Å². The summed E-state index contributed by atoms with van der Waals surface area (Å²) in [6.07, 6.45) is 3.32. The van der Waals surface area contributed by atoms with Crippen LogP contribution >= 0.6 is 11.3 Å². The SMILES string of the molecule is CN1CCN(c2ccc(NC(=O)Cc3csc(N4CCCC4=O)n3)cn2)CC1. The topological polar surface area (TPSA) is 81.7 Å². The van der Waals surface area contributed by atoms with Crippen molar-refractivity contribution in [1.29, 1.82) is 0 Å². The van der Waals surface area contributed by atoms with Crippen molar-refractivity contribution in [3.63, 3.8) is 0 Å². The van der Waals surface area contributed by atoms with E-state index in [0.29, 0.717) is 29.5 Å². The van der Waals surface area contributed by atoms with E-state index in [9.17, 15) is 9.59 Å². The molecule has 8 nitrogen and oxygen atoms in total. The number of hydrogen-bond acceptors (Lipinski definition) is 7. The third-order valence-electron chi connectivity index (χ3n) is 5.04. The van der Waals surface area contributed by atoms with Crippen LogP contribution in [0.3, 0.4) is 0 Å². The fourth-order valence-corrected chi connectivity index (χ4v) is 4.27. The van der Waals surface area contributed by atoms with Crippen LogP contribution in [0.25, 0.3) is 0 Å². The lowest BCUT2D eigenvalue weighted by Crippen LogP contribution is -2.44. The van der Waals surface area contributed by atoms with Gasteiger partial charge >= 0.3 is 0 Å². The summed E-state index contributed by atoms with van der Waals surface area (Å²) in [5.41, 5.74) is 1.35. The molecule has 0 saturated carbocycles. The number of carbonyl (C=O) groups is 2. The van der Waals surface area contributed by atoms with Crippen molar-refractivity contribution in [1.82, 2.24) is 14.9 Å². The quantitative estimate of drug-likeness (QED) is 0.821. The largest absolute Gasteiger partial charge is 0.354 e. The molecule has 9 heteroatoms. The molecule has 2 aliphatic rings. The van der Waals surface area contributed by atoms with Gasteiger partial charge < -0.3 is 15.1 Å². The van der Waals surface area contributed by atoms with Crippen LogP contribution in [0.4, 0.5) is 16.6 Å². The van der Waals surface area contributed by atoms with E-state index in [-0.39, 0.29) is 18.2 Å². The van der Waals surface area contributed by atoms with E-state index in [1.54, 1.807) is 11.1 Å². The summed E-state index contributed by atoms with van der Waals surface area (Å²) in [5, 5.41) is 5.40. The number of pyridine rings is 1. The molecule has 1 N–H and O–H groups in total. The molecule has 2 aromatic rings. The minimum absolute atomic E-state index is 0.108. The number of thiazole rings is 1. The van der Waals surface area contributed by atoms with Gasteiger partial charge in [0.1, 0.15) is 5.82 Å². The number of aromatic nitrogens is 2. The van der Waals surface area contributed by atoms with E-state index in [2.05, 4.69) is 32.1 Å². The molecule has 2 fully saturated rings. The molecular weight excluding hydrogens is 376 g/mol. The number of likely N-dealkylation sites (N-methyl/N-ethyl adjacent to an activating group) is 1. The predicted octanol–water partition coefficient (Wildman–Crippen LogP) is 1.60. The van der Waals surface area contributed by atoms with Gasteiger partial charge in [0.05, 0.1) is 24.0 Å². The van der Waals surface area contributed by atoms with E-state index in [1.165, 1.54) is 11.3 Å². The molecule has 4 heterocycles. The normalized spacial score (nSPS) is 18.0. The summed E-state index contributed by atoms with van der Waals surface area (Å²) in [7, 11) is 2.12. The standard InChI is InChI=1S/C19H24N6O2S/c1-23-7-9-24(10-8-23)16-5-4-14(12-20-16)21-17(26)11-15-13-28-19(22-15)25-6-2-3-18(25)27/h4-5,12-13H,2-3,6-11H2,1H3,(H,21,26). The highest BCUT2D eigenvalue weighted by Gasteiger charge is 2.24. The average Bonchev–Trinajstić information content (AvgIpc) is 3.31. The monoisotopic (exact) mass is 400 g/mol. The number of rotatable bonds is 5. The van der Waals surface area contributed by atoms with Gasteiger partial charge in [-0.3, -0.25) is 14.5 Å². The summed E-state index contributed by atoms with van der Waals surface area (Å²) in [5.74, 6) is 0.904. The minimum Gasteiger partial charge on any atom is -0.354 e. The van der Waals surface area contributed by atoms with Crippen molar-refractivity contribution in [2.24, 2.45) is 0 Å². The maximum atomic E-state index is 12.3. The first-order chi connectivity index (χ1) is 13.6. The highest BCUT2D eigenvalue weighted by Crippen LogP contribution is 2.25. The molecule has 0 radical (unpaired) electrons. The number of anilines is 3. The maximum Gasteiger partial charge on any atom is 0.230 e. The fourth-order valence-electron chi connectivity index (χ4n) is 3.40. The Hall–Kier alpha value is -2.52. The number of nitrogens with one attached hydrogen (secondary N) is 1. The fraction of sp³-hybridized carbons (Fsp3) is 0.474. The summed E-state index contributed by atoms with van der Waals surface area (Å²) in [4.78, 5) is 39.3. The van der Waals surface area contributed by atoms with Crippen molar-refractivity contribution in [3.8, 4) is 0 Å². The Balaban J connectivity index is 1.31. The van der Waals surface area contributed by atoms with Gasteiger partial charge in [-0.1, -0.05) is 0 Å². The second-order valence-corrected chi connectivity index (χ2v) is 8.03. The zero-order valence-corrected chi connectivity index (χ0v) is 16.7. The predicted molar refractivity (Wildman–Crippen MR) is 110 cm³/mol. The van der Waals surface area contributed by atoms with Gasteiger partial charge in [-0.15, -0.1) is 11.3 Å². The molecule has 0 unspecified atom stereocenters. The lowest BCUT2D eigenvalue weighted by molar-refractivity contribution is -0.117. The summed E-state index contributed by atoms with van der Waals surface area (Å²) in [6.45, 7) is 4.68. The van der Waals surface area contributed by atoms with Crippen LogP contribution < -0.4 is 15.1 Å². The van der Waals surface area contributed by atoms with Crippen LogP contribution in [0.5, 0.6) is 0 Å². The number of amides is 2. The molecule has 0 bridgehead atoms. The number of hydrogen-bond donors (Lipinski definition) is 1. The Bertz CT molecular complexity index is 844. The maximum absolute atomic E-state index is 12.3. The van der Waals surface area contributed by atoms with Crippen LogP contribution in [0.1, 0.15) is 18.5 Å². The van der Waals surface area contributed by atoms with Crippen LogP contribution in [-0.2, 0) is 16.0 Å². The first-order valence-corrected chi connectivity index (χ1v) is 10.4. The number of carbonyl (C=O) groups excluding carboxylic acids is 2. The highest BCUT2D eigenvalue weighted by molar-refractivity contribution is 7.14. The first-order valence-electron chi connectivity index (χ1n) is 9.52. The van der Waals surface area contributed by atoms with Gasteiger partial charge in [0, 0.05) is 44.5 Å². The molecule has 0 spiro atoms. The third-order valence-corrected chi connectivity index (χ3v) is 5.96. The van der Waals surface area contributed by atoms with E-state index in [4.69, 9.17) is 0 Å². The van der Waals surface area contributed by atoms with E-state index < -0.39 is 0 Å². The van der Waals surface area contributed by atoms with Gasteiger partial charge in [-0.05, 0) is 25.6 Å². The molecule has 0 aliphatic carbocycles. The smallest absolute Gasteiger partial charge is 0.230 e. The van der Waals surface area contributed by atoms with Gasteiger partial charge in [-0.2, -0.15) is 0 Å². The van der Waals surface area contributed by atoms with Crippen molar-refractivity contribution in [2.45, 2.75) is 19.3 Å². The van der Waals surface area contributed by atoms with Gasteiger partial charge in [0.25, 0.3) is 0 Å². The second-order valence-electron chi connectivity index (χ2n) is 7.19. The summed E-state index contributed by atoms with van der Waals surface area (Å²) >= 11 is 1.41. The van der Waals surface area contributed by atoms with Crippen molar-refractivity contribution < 1.29 is 9.59 Å². The summed E-state index contributed by atoms with van der Waals surface area (Å²) in [6, 6.07) is 3.83. The molecule has 4 rings (SSSR count). The van der Waals surface area contributed by atoms with E-state index in [0.717, 1.165) is 38.4 Å². The second kappa shape index (κ2) is 8.24. The van der Waals surface area contributed by atoms with Crippen molar-refractivity contribution >= 4 is 39.8 Å². The average molecular weight is 401 g/mol. The van der Waals surface area contributed by atoms with Crippen LogP contribution in [0.2, 0.25) is 0 Å². The molecule has 2 saturated heterocycles. The molecule has 0 atom stereocenters. The molecule has 2 aliphatic heterocycles. The Labute approximate surface area is 168 Å². The third kappa shape index (κ3) is 4.31. The van der Waals surface area contributed by atoms with Crippen LogP contribution in [-0.4, -0.2) is 66.5 Å². The molecule has 2 aromatic heterocycles. The van der Waals surface area contributed by atoms with Crippen LogP contribution in [0.15, 0.2) is 23.7 Å². The van der Waals surface area contributed by atoms with Gasteiger partial charge in [-0.25, -0.2) is 9.97 Å².